The number of benzene rings is 1. The lowest BCUT2D eigenvalue weighted by Gasteiger charge is -2.08. The van der Waals surface area contributed by atoms with Crippen LogP contribution in [0.25, 0.3) is 0 Å². The molecule has 0 aliphatic heterocycles. The fourth-order valence-corrected chi connectivity index (χ4v) is 3.68. The number of nitrogens with zero attached hydrogens (tertiary/aromatic N) is 2. The highest BCUT2D eigenvalue weighted by Crippen LogP contribution is 2.56. The molecule has 2 aromatic heterocycles. The van der Waals surface area contributed by atoms with Crippen molar-refractivity contribution in [1.29, 1.82) is 0 Å². The highest BCUT2D eigenvalue weighted by atomic mass is 35.5. The minimum Gasteiger partial charge on any atom is -0.465 e. The first kappa shape index (κ1) is 23.7. The summed E-state index contributed by atoms with van der Waals surface area (Å²) in [5.41, 5.74) is -1.64. The second kappa shape index (κ2) is 8.38. The number of H-pyrrole nitrogens is 2. The van der Waals surface area contributed by atoms with Crippen LogP contribution in [-0.2, 0) is 17.3 Å². The van der Waals surface area contributed by atoms with E-state index in [9.17, 15) is 31.5 Å². The lowest BCUT2D eigenvalue weighted by atomic mass is 10.0. The number of imidazole rings is 1. The number of hydrogen-bond donors (Lipinski definition) is 3. The number of carbonyl (C=O) groups is 2. The number of nitrogens with one attached hydrogen (secondary N) is 3. The molecule has 3 N–H and O–H groups in total. The van der Waals surface area contributed by atoms with E-state index in [2.05, 4.69) is 30.2 Å². The van der Waals surface area contributed by atoms with Crippen LogP contribution in [0.3, 0.4) is 0 Å². The van der Waals surface area contributed by atoms with Gasteiger partial charge in [0.15, 0.2) is 11.5 Å². The molecule has 1 fully saturated rings. The maximum absolute atomic E-state index is 13.5. The zero-order valence-electron chi connectivity index (χ0n) is 17.2. The molecule has 1 saturated carbocycles. The number of amides is 1. The Bertz CT molecular complexity index is 1270. The highest BCUT2D eigenvalue weighted by Gasteiger charge is 2.60. The second-order valence-corrected chi connectivity index (χ2v) is 7.96. The summed E-state index contributed by atoms with van der Waals surface area (Å²) in [6.07, 6.45) is -4.75. The number of anilines is 1. The fourth-order valence-electron chi connectivity index (χ4n) is 3.42. The number of rotatable bonds is 6. The molecule has 8 nitrogen and oxygen atoms in total. The third-order valence-corrected chi connectivity index (χ3v) is 5.50. The largest absolute Gasteiger partial charge is 0.465 e. The third-order valence-electron chi connectivity index (χ3n) is 5.19. The Morgan fingerprint density at radius 2 is 2.03 bits per heavy atom. The zero-order chi connectivity index (χ0) is 24.8. The summed E-state index contributed by atoms with van der Waals surface area (Å²) in [6, 6.07) is 4.03. The molecule has 0 unspecified atom stereocenters. The van der Waals surface area contributed by atoms with Gasteiger partial charge in [0.25, 0.3) is 11.8 Å². The summed E-state index contributed by atoms with van der Waals surface area (Å²) in [5.74, 6) is -6.13. The summed E-state index contributed by atoms with van der Waals surface area (Å²) < 4.78 is 71.6. The lowest BCUT2D eigenvalue weighted by molar-refractivity contribution is -0.141. The van der Waals surface area contributed by atoms with Gasteiger partial charge >= 0.3 is 12.1 Å². The van der Waals surface area contributed by atoms with Crippen molar-refractivity contribution in [2.45, 2.75) is 30.9 Å². The Balaban J connectivity index is 1.52. The van der Waals surface area contributed by atoms with E-state index >= 15 is 0 Å². The molecule has 0 saturated heterocycles. The van der Waals surface area contributed by atoms with Crippen molar-refractivity contribution in [3.63, 3.8) is 0 Å². The normalized spacial score (nSPS) is 16.9. The predicted octanol–water partition coefficient (Wildman–Crippen LogP) is 4.56. The van der Waals surface area contributed by atoms with Crippen molar-refractivity contribution in [2.24, 2.45) is 0 Å². The molecule has 34 heavy (non-hydrogen) atoms. The molecule has 180 valence electrons. The molecule has 1 aliphatic carbocycles. The average Bonchev–Trinajstić information content (AvgIpc) is 3.12. The van der Waals surface area contributed by atoms with Crippen molar-refractivity contribution < 1.29 is 36.3 Å². The topological polar surface area (TPSA) is 113 Å². The van der Waals surface area contributed by atoms with Crippen molar-refractivity contribution in [3.8, 4) is 0 Å². The van der Waals surface area contributed by atoms with E-state index in [4.69, 9.17) is 11.6 Å². The third kappa shape index (κ3) is 4.60. The number of esters is 1. The monoisotopic (exact) mass is 503 g/mol. The van der Waals surface area contributed by atoms with Gasteiger partial charge in [-0.05, 0) is 18.2 Å². The second-order valence-electron chi connectivity index (χ2n) is 7.55. The molecule has 1 aromatic carbocycles. The van der Waals surface area contributed by atoms with E-state index in [-0.39, 0.29) is 33.5 Å². The lowest BCUT2D eigenvalue weighted by Crippen LogP contribution is -2.14. The van der Waals surface area contributed by atoms with Gasteiger partial charge < -0.3 is 15.0 Å². The van der Waals surface area contributed by atoms with Gasteiger partial charge in [0.2, 0.25) is 0 Å². The van der Waals surface area contributed by atoms with Crippen LogP contribution in [0.1, 0.15) is 56.0 Å². The van der Waals surface area contributed by atoms with Crippen molar-refractivity contribution in [1.82, 2.24) is 20.2 Å². The molecule has 3 aromatic rings. The molecule has 2 heterocycles. The number of halogens is 6. The van der Waals surface area contributed by atoms with Crippen molar-refractivity contribution in [3.05, 3.63) is 63.5 Å². The average molecular weight is 504 g/mol. The van der Waals surface area contributed by atoms with E-state index in [1.807, 2.05) is 0 Å². The predicted molar refractivity (Wildman–Crippen MR) is 108 cm³/mol. The molecule has 0 bridgehead atoms. The minimum atomic E-state index is -4.86. The van der Waals surface area contributed by atoms with Gasteiger partial charge in [-0.3, -0.25) is 9.89 Å². The van der Waals surface area contributed by atoms with Crippen molar-refractivity contribution >= 4 is 29.2 Å². The molecule has 4 rings (SSSR count). The highest BCUT2D eigenvalue weighted by molar-refractivity contribution is 6.34. The van der Waals surface area contributed by atoms with Crippen molar-refractivity contribution in [2.75, 3.05) is 12.4 Å². The molecule has 0 spiro atoms. The molecule has 1 atom stereocenters. The first-order chi connectivity index (χ1) is 15.9. The van der Waals surface area contributed by atoms with Crippen LogP contribution in [0.5, 0.6) is 0 Å². The van der Waals surface area contributed by atoms with E-state index in [1.54, 1.807) is 0 Å². The Hall–Kier alpha value is -3.48. The minimum absolute atomic E-state index is 0.0221. The van der Waals surface area contributed by atoms with E-state index in [1.165, 1.54) is 25.3 Å². The standard InChI is InChI=1S/C20H15ClF5N5O3/c1-34-18(33)10-3-2-8(5-13(10)21)29-17(32)16-27-7-9(28-16)4-11-14(12-6-19(12,22)23)30-31-15(11)20(24,25)26/h2-3,5,7,12H,4,6H2,1H3,(H,27,28)(H,29,32)(H,30,31)/t12-/m0/s1. The Labute approximate surface area is 192 Å². The van der Waals surface area contributed by atoms with Crippen LogP contribution in [0, 0.1) is 0 Å². The Morgan fingerprint density at radius 1 is 1.32 bits per heavy atom. The SMILES string of the molecule is COC(=O)c1ccc(NC(=O)c2ncc(Cc3c(C(F)(F)F)n[nH]c3[C@@H]3CC3(F)F)[nH]2)cc1Cl. The maximum atomic E-state index is 13.5. The maximum Gasteiger partial charge on any atom is 0.435 e. The quantitative estimate of drug-likeness (QED) is 0.337. The number of hydrogen-bond acceptors (Lipinski definition) is 5. The first-order valence-electron chi connectivity index (χ1n) is 9.66. The van der Waals surface area contributed by atoms with Crippen LogP contribution in [0.4, 0.5) is 27.6 Å². The smallest absolute Gasteiger partial charge is 0.435 e. The fraction of sp³-hybridized carbons (Fsp3) is 0.300. The van der Waals surface area contributed by atoms with Gasteiger partial charge in [-0.15, -0.1) is 0 Å². The molecule has 1 aliphatic rings. The van der Waals surface area contributed by atoms with E-state index < -0.39 is 54.0 Å². The zero-order valence-corrected chi connectivity index (χ0v) is 17.9. The summed E-state index contributed by atoms with van der Waals surface area (Å²) >= 11 is 6.00. The molecule has 0 radical (unpaired) electrons. The Kier molecular flexibility index (Phi) is 5.84. The molecular formula is C20H15ClF5N5O3. The summed E-state index contributed by atoms with van der Waals surface area (Å²) in [4.78, 5) is 30.5. The van der Waals surface area contributed by atoms with Crippen LogP contribution < -0.4 is 5.32 Å². The molecular weight excluding hydrogens is 489 g/mol. The van der Waals surface area contributed by atoms with E-state index in [0.717, 1.165) is 6.20 Å². The number of carbonyl (C=O) groups excluding carboxylic acids is 2. The summed E-state index contributed by atoms with van der Waals surface area (Å²) in [6.45, 7) is 0. The number of aromatic amines is 2. The van der Waals surface area contributed by atoms with Crippen LogP contribution in [0.2, 0.25) is 5.02 Å². The molecule has 14 heteroatoms. The number of ether oxygens (including phenoxy) is 1. The van der Waals surface area contributed by atoms with Gasteiger partial charge in [-0.25, -0.2) is 18.6 Å². The number of alkyl halides is 5. The van der Waals surface area contributed by atoms with Crippen LogP contribution in [-0.4, -0.2) is 45.1 Å². The molecule has 1 amide bonds. The first-order valence-corrected chi connectivity index (χ1v) is 10.0. The number of aromatic nitrogens is 4. The number of methoxy groups -OCH3 is 1. The van der Waals surface area contributed by atoms with Gasteiger partial charge in [0.1, 0.15) is 0 Å². The van der Waals surface area contributed by atoms with Gasteiger partial charge in [-0.1, -0.05) is 11.6 Å². The Morgan fingerprint density at radius 3 is 2.62 bits per heavy atom. The van der Waals surface area contributed by atoms with Crippen LogP contribution >= 0.6 is 11.6 Å². The summed E-state index contributed by atoms with van der Waals surface area (Å²) in [7, 11) is 1.18. The summed E-state index contributed by atoms with van der Waals surface area (Å²) in [5, 5.41) is 7.79. The van der Waals surface area contributed by atoms with E-state index in [0.29, 0.717) is 0 Å². The van der Waals surface area contributed by atoms with Gasteiger partial charge in [-0.2, -0.15) is 18.3 Å². The van der Waals surface area contributed by atoms with Crippen LogP contribution in [0.15, 0.2) is 24.4 Å². The van der Waals surface area contributed by atoms with Gasteiger partial charge in [0, 0.05) is 41.7 Å². The van der Waals surface area contributed by atoms with Gasteiger partial charge in [0.05, 0.1) is 23.6 Å².